The van der Waals surface area contributed by atoms with E-state index in [4.69, 9.17) is 4.74 Å². The number of nitro benzene ring substituents is 1. The monoisotopic (exact) mass is 258 g/mol. The molecule has 1 aromatic carbocycles. The van der Waals surface area contributed by atoms with Crippen molar-refractivity contribution in [2.75, 3.05) is 13.1 Å². The molecule has 0 N–H and O–H groups in total. The van der Waals surface area contributed by atoms with Gasteiger partial charge in [-0.1, -0.05) is 0 Å². The second-order valence-electron chi connectivity index (χ2n) is 3.83. The predicted octanol–water partition coefficient (Wildman–Crippen LogP) is 2.04. The van der Waals surface area contributed by atoms with Gasteiger partial charge in [0.1, 0.15) is 5.75 Å². The van der Waals surface area contributed by atoms with Crippen LogP contribution in [-0.2, 0) is 0 Å². The smallest absolute Gasteiger partial charge is 0.410 e. The van der Waals surface area contributed by atoms with Gasteiger partial charge in [-0.2, -0.15) is 0 Å². The number of carbonyl (C=O) groups excluding carboxylic acids is 1. The summed E-state index contributed by atoms with van der Waals surface area (Å²) in [6, 6.07) is 4.78. The maximum absolute atomic E-state index is 12.5. The van der Waals surface area contributed by atoms with Gasteiger partial charge in [0.05, 0.1) is 18.0 Å². The minimum atomic E-state index is -2.85. The number of hydrogen-bond donors (Lipinski definition) is 0. The number of hydrogen-bond acceptors (Lipinski definition) is 4. The zero-order valence-electron chi connectivity index (χ0n) is 9.01. The first-order valence-corrected chi connectivity index (χ1v) is 4.96. The number of halogens is 2. The summed E-state index contributed by atoms with van der Waals surface area (Å²) in [7, 11) is 0. The van der Waals surface area contributed by atoms with Gasteiger partial charge in [0.25, 0.3) is 11.6 Å². The van der Waals surface area contributed by atoms with Gasteiger partial charge in [0.15, 0.2) is 0 Å². The van der Waals surface area contributed by atoms with Crippen LogP contribution in [0, 0.1) is 10.1 Å². The standard InChI is InChI=1S/C10H8F2N2O4/c11-10(12)5-13(6-10)9(15)18-8-3-1-7(2-4-8)14(16)17/h1-4H,5-6H2. The number of likely N-dealkylation sites (tertiary alicyclic amines) is 1. The number of benzene rings is 1. The van der Waals surface area contributed by atoms with Gasteiger partial charge >= 0.3 is 6.09 Å². The zero-order valence-corrected chi connectivity index (χ0v) is 9.01. The molecular formula is C10H8F2N2O4. The number of rotatable bonds is 2. The van der Waals surface area contributed by atoms with E-state index < -0.39 is 30.0 Å². The Morgan fingerprint density at radius 1 is 1.33 bits per heavy atom. The highest BCUT2D eigenvalue weighted by Crippen LogP contribution is 2.27. The Labute approximate surface area is 99.9 Å². The Balaban J connectivity index is 1.94. The fourth-order valence-electron chi connectivity index (χ4n) is 1.44. The lowest BCUT2D eigenvalue weighted by Crippen LogP contribution is -2.59. The van der Waals surface area contributed by atoms with Crippen molar-refractivity contribution in [2.45, 2.75) is 5.92 Å². The number of carbonyl (C=O) groups is 1. The Kier molecular flexibility index (Phi) is 2.85. The van der Waals surface area contributed by atoms with E-state index in [2.05, 4.69) is 0 Å². The fourth-order valence-corrected chi connectivity index (χ4v) is 1.44. The van der Waals surface area contributed by atoms with Gasteiger partial charge in [0.2, 0.25) is 0 Å². The van der Waals surface area contributed by atoms with Gasteiger partial charge in [-0.25, -0.2) is 13.6 Å². The lowest BCUT2D eigenvalue weighted by molar-refractivity contribution is -0.384. The molecule has 0 spiro atoms. The van der Waals surface area contributed by atoms with E-state index in [1.54, 1.807) is 0 Å². The summed E-state index contributed by atoms with van der Waals surface area (Å²) in [6.45, 7) is -1.34. The molecule has 6 nitrogen and oxygen atoms in total. The summed E-state index contributed by atoms with van der Waals surface area (Å²) < 4.78 is 29.8. The van der Waals surface area contributed by atoms with Gasteiger partial charge in [-0.15, -0.1) is 0 Å². The van der Waals surface area contributed by atoms with Gasteiger partial charge < -0.3 is 4.74 Å². The van der Waals surface area contributed by atoms with E-state index in [0.717, 1.165) is 17.0 Å². The van der Waals surface area contributed by atoms with Crippen molar-refractivity contribution in [2.24, 2.45) is 0 Å². The van der Waals surface area contributed by atoms with E-state index >= 15 is 0 Å². The van der Waals surface area contributed by atoms with Crippen molar-refractivity contribution in [3.63, 3.8) is 0 Å². The molecule has 1 aliphatic rings. The first kappa shape index (κ1) is 12.2. The maximum Gasteiger partial charge on any atom is 0.415 e. The first-order chi connectivity index (χ1) is 8.37. The van der Waals surface area contributed by atoms with Gasteiger partial charge in [-0.05, 0) is 12.1 Å². The number of amides is 1. The summed E-state index contributed by atoms with van der Waals surface area (Å²) in [5, 5.41) is 10.4. The third kappa shape index (κ3) is 2.53. The molecule has 1 saturated heterocycles. The van der Waals surface area contributed by atoms with E-state index in [-0.39, 0.29) is 11.4 Å². The predicted molar refractivity (Wildman–Crippen MR) is 55.6 cm³/mol. The molecule has 0 saturated carbocycles. The molecule has 2 rings (SSSR count). The highest BCUT2D eigenvalue weighted by Gasteiger charge is 2.47. The molecule has 0 bridgehead atoms. The number of nitro groups is 1. The van der Waals surface area contributed by atoms with Crippen LogP contribution in [0.1, 0.15) is 0 Å². The van der Waals surface area contributed by atoms with Crippen LogP contribution in [0.4, 0.5) is 19.3 Å². The van der Waals surface area contributed by atoms with E-state index in [0.29, 0.717) is 0 Å². The van der Waals surface area contributed by atoms with Crippen molar-refractivity contribution in [3.8, 4) is 5.75 Å². The Morgan fingerprint density at radius 3 is 2.33 bits per heavy atom. The summed E-state index contributed by atoms with van der Waals surface area (Å²) in [5.41, 5.74) is -0.148. The summed E-state index contributed by atoms with van der Waals surface area (Å²) in [4.78, 5) is 22.0. The highest BCUT2D eigenvalue weighted by molar-refractivity contribution is 5.72. The third-order valence-electron chi connectivity index (χ3n) is 2.36. The molecule has 0 radical (unpaired) electrons. The van der Waals surface area contributed by atoms with Crippen molar-refractivity contribution in [3.05, 3.63) is 34.4 Å². The van der Waals surface area contributed by atoms with Crippen molar-refractivity contribution in [1.29, 1.82) is 0 Å². The summed E-state index contributed by atoms with van der Waals surface area (Å²) >= 11 is 0. The molecule has 1 aromatic rings. The van der Waals surface area contributed by atoms with Crippen molar-refractivity contribution < 1.29 is 23.2 Å². The van der Waals surface area contributed by atoms with E-state index in [9.17, 15) is 23.7 Å². The van der Waals surface area contributed by atoms with Crippen LogP contribution in [0.25, 0.3) is 0 Å². The fraction of sp³-hybridized carbons (Fsp3) is 0.300. The second-order valence-corrected chi connectivity index (χ2v) is 3.83. The molecule has 0 unspecified atom stereocenters. The molecule has 0 atom stereocenters. The molecule has 1 aliphatic heterocycles. The van der Waals surface area contributed by atoms with Crippen LogP contribution in [0.5, 0.6) is 5.75 Å². The van der Waals surface area contributed by atoms with E-state index in [1.807, 2.05) is 0 Å². The number of alkyl halides is 2. The molecular weight excluding hydrogens is 250 g/mol. The minimum absolute atomic E-state index is 0.0702. The largest absolute Gasteiger partial charge is 0.415 e. The molecule has 0 aliphatic carbocycles. The van der Waals surface area contributed by atoms with Crippen molar-refractivity contribution >= 4 is 11.8 Å². The van der Waals surface area contributed by atoms with Crippen LogP contribution in [-0.4, -0.2) is 34.9 Å². The minimum Gasteiger partial charge on any atom is -0.410 e. The quantitative estimate of drug-likeness (QED) is 0.601. The molecule has 1 heterocycles. The third-order valence-corrected chi connectivity index (χ3v) is 2.36. The average Bonchev–Trinajstić information content (AvgIpc) is 2.26. The number of ether oxygens (including phenoxy) is 1. The normalized spacial score (nSPS) is 16.9. The lowest BCUT2D eigenvalue weighted by atomic mass is 10.2. The molecule has 1 amide bonds. The SMILES string of the molecule is O=C(Oc1ccc([N+](=O)[O-])cc1)N1CC(F)(F)C1. The Morgan fingerprint density at radius 2 is 1.89 bits per heavy atom. The molecule has 8 heteroatoms. The highest BCUT2D eigenvalue weighted by atomic mass is 19.3. The first-order valence-electron chi connectivity index (χ1n) is 4.96. The second kappa shape index (κ2) is 4.21. The van der Waals surface area contributed by atoms with Crippen LogP contribution >= 0.6 is 0 Å². The molecule has 1 fully saturated rings. The Bertz CT molecular complexity index is 481. The van der Waals surface area contributed by atoms with E-state index in [1.165, 1.54) is 12.1 Å². The summed E-state index contributed by atoms with van der Waals surface area (Å²) in [6.07, 6.45) is -0.894. The number of non-ortho nitro benzene ring substituents is 1. The summed E-state index contributed by atoms with van der Waals surface area (Å²) in [5.74, 6) is -2.78. The van der Waals surface area contributed by atoms with Crippen LogP contribution in [0.2, 0.25) is 0 Å². The zero-order chi connectivity index (χ0) is 13.3. The van der Waals surface area contributed by atoms with Gasteiger partial charge in [-0.3, -0.25) is 15.0 Å². The van der Waals surface area contributed by atoms with Crippen LogP contribution < -0.4 is 4.74 Å². The lowest BCUT2D eigenvalue weighted by Gasteiger charge is -2.37. The average molecular weight is 258 g/mol. The molecule has 0 aromatic heterocycles. The molecule has 96 valence electrons. The maximum atomic E-state index is 12.5. The van der Waals surface area contributed by atoms with Gasteiger partial charge in [0, 0.05) is 12.1 Å². The number of nitrogens with zero attached hydrogens (tertiary/aromatic N) is 2. The molecule has 18 heavy (non-hydrogen) atoms. The van der Waals surface area contributed by atoms with Crippen LogP contribution in [0.3, 0.4) is 0 Å². The van der Waals surface area contributed by atoms with Crippen LogP contribution in [0.15, 0.2) is 24.3 Å². The Hall–Kier alpha value is -2.25. The topological polar surface area (TPSA) is 72.7 Å². The van der Waals surface area contributed by atoms with Crippen molar-refractivity contribution in [1.82, 2.24) is 4.90 Å².